The van der Waals surface area contributed by atoms with Crippen molar-refractivity contribution in [2.24, 2.45) is 5.92 Å². The molecule has 0 aliphatic carbocycles. The van der Waals surface area contributed by atoms with Gasteiger partial charge in [-0.25, -0.2) is 9.78 Å². The fourth-order valence-corrected chi connectivity index (χ4v) is 7.10. The van der Waals surface area contributed by atoms with Crippen molar-refractivity contribution in [3.63, 3.8) is 0 Å². The molecular weight excluding hydrogens is 616 g/mol. The van der Waals surface area contributed by atoms with Crippen LogP contribution in [0.25, 0.3) is 16.8 Å². The summed E-state index contributed by atoms with van der Waals surface area (Å²) in [6.07, 6.45) is -2.78. The first-order valence-corrected chi connectivity index (χ1v) is 14.3. The van der Waals surface area contributed by atoms with Gasteiger partial charge >= 0.3 is 12.3 Å². The average Bonchev–Trinajstić information content (AvgIpc) is 3.64. The summed E-state index contributed by atoms with van der Waals surface area (Å²) < 4.78 is 40.6. The Kier molecular flexibility index (Phi) is 8.23. The van der Waals surface area contributed by atoms with Crippen molar-refractivity contribution in [3.8, 4) is 11.3 Å². The van der Waals surface area contributed by atoms with Crippen LogP contribution in [0.1, 0.15) is 34.8 Å². The molecule has 14 heteroatoms. The molecule has 220 valence electrons. The summed E-state index contributed by atoms with van der Waals surface area (Å²) in [4.78, 5) is 44.1. The molecule has 8 nitrogen and oxygen atoms in total. The number of nitrogens with zero attached hydrogens (tertiary/aromatic N) is 3. The number of hydrogen-bond acceptors (Lipinski definition) is 6. The highest BCUT2D eigenvalue weighted by Crippen LogP contribution is 2.44. The van der Waals surface area contributed by atoms with Crippen LogP contribution in [0.15, 0.2) is 42.5 Å². The van der Waals surface area contributed by atoms with Crippen molar-refractivity contribution < 1.29 is 32.7 Å². The number of aldehydes is 1. The summed E-state index contributed by atoms with van der Waals surface area (Å²) in [6.45, 7) is 2.91. The molecule has 2 aromatic carbocycles. The molecule has 42 heavy (non-hydrogen) atoms. The zero-order chi connectivity index (χ0) is 30.3. The minimum Gasteiger partial charge on any atom is -0.465 e. The number of alkyl halides is 3. The number of hydrogen-bond donors (Lipinski definition) is 2. The van der Waals surface area contributed by atoms with E-state index in [0.29, 0.717) is 37.3 Å². The number of likely N-dealkylation sites (tertiary alicyclic amines) is 1. The van der Waals surface area contributed by atoms with E-state index >= 15 is 0 Å². The van der Waals surface area contributed by atoms with Crippen molar-refractivity contribution in [1.29, 1.82) is 0 Å². The number of carbonyl (C=O) groups excluding carboxylic acids is 2. The maximum absolute atomic E-state index is 13.5. The highest BCUT2D eigenvalue weighted by Gasteiger charge is 2.44. The van der Waals surface area contributed by atoms with Crippen LogP contribution in [-0.4, -0.2) is 59.0 Å². The van der Waals surface area contributed by atoms with E-state index in [1.807, 2.05) is 4.90 Å². The quantitative estimate of drug-likeness (QED) is 0.219. The normalized spacial score (nSPS) is 18.8. The van der Waals surface area contributed by atoms with E-state index in [1.54, 1.807) is 6.92 Å². The number of allylic oxidation sites excluding steroid dienone is 2. The number of nitrogens with one attached hydrogen (secondary N) is 1. The van der Waals surface area contributed by atoms with Crippen LogP contribution in [0.2, 0.25) is 10.0 Å². The van der Waals surface area contributed by atoms with Gasteiger partial charge in [-0.1, -0.05) is 52.7 Å². The summed E-state index contributed by atoms with van der Waals surface area (Å²) in [5.74, 6) is -0.559. The third-order valence-electron chi connectivity index (χ3n) is 7.40. The highest BCUT2D eigenvalue weighted by atomic mass is 35.5. The Hall–Kier alpha value is -3.61. The fraction of sp³-hybridized carbons (Fsp3) is 0.286. The SMILES string of the molecule is CC=C(C=O)c1c(Cl)cc(C(=O)Nc2nc(-c3cccc(C(F)(F)F)c3)c(N3CC4CCN(C(=O)O)C4C3)s2)cc1Cl. The smallest absolute Gasteiger partial charge is 0.416 e. The van der Waals surface area contributed by atoms with E-state index in [-0.39, 0.29) is 55.1 Å². The summed E-state index contributed by atoms with van der Waals surface area (Å²) in [6, 6.07) is 7.20. The van der Waals surface area contributed by atoms with Gasteiger partial charge in [-0.05, 0) is 37.6 Å². The van der Waals surface area contributed by atoms with E-state index in [2.05, 4.69) is 10.3 Å². The Morgan fingerprint density at radius 1 is 1.17 bits per heavy atom. The van der Waals surface area contributed by atoms with Gasteiger partial charge in [0.1, 0.15) is 17.0 Å². The summed E-state index contributed by atoms with van der Waals surface area (Å²) in [7, 11) is 0. The molecule has 2 aliphatic rings. The Bertz CT molecular complexity index is 1590. The Balaban J connectivity index is 1.50. The van der Waals surface area contributed by atoms with E-state index < -0.39 is 23.7 Å². The van der Waals surface area contributed by atoms with Crippen LogP contribution in [0.4, 0.5) is 28.1 Å². The molecule has 3 heterocycles. The molecule has 2 saturated heterocycles. The molecule has 2 fully saturated rings. The van der Waals surface area contributed by atoms with Crippen LogP contribution < -0.4 is 10.2 Å². The number of fused-ring (bicyclic) bond motifs is 1. The minimum absolute atomic E-state index is 0.0619. The Morgan fingerprint density at radius 3 is 2.50 bits per heavy atom. The third kappa shape index (κ3) is 5.70. The standard InChI is InChI=1S/C28H23Cl2F3N4O4S/c1-2-14(13-38)22-19(29)9-17(10-20(22)30)24(39)35-26-34-23(15-4-3-5-18(8-15)28(31,32)33)25(42-26)36-11-16-6-7-37(27(40)41)21(16)12-36/h2-5,8-10,13,16,21H,6-7,11-12H2,1H3,(H,40,41)(H,34,35,39). The zero-order valence-electron chi connectivity index (χ0n) is 21.9. The van der Waals surface area contributed by atoms with Gasteiger partial charge in [0.15, 0.2) is 5.13 Å². The molecule has 2 atom stereocenters. The molecule has 2 aliphatic heterocycles. The molecule has 1 aromatic heterocycles. The molecule has 2 N–H and O–H groups in total. The van der Waals surface area contributed by atoms with Gasteiger partial charge in [0.2, 0.25) is 0 Å². The molecular formula is C28H23Cl2F3N4O4S. The van der Waals surface area contributed by atoms with Gasteiger partial charge < -0.3 is 14.9 Å². The summed E-state index contributed by atoms with van der Waals surface area (Å²) in [5, 5.41) is 13.1. The number of aromatic nitrogens is 1. The van der Waals surface area contributed by atoms with E-state index in [1.165, 1.54) is 35.2 Å². The maximum Gasteiger partial charge on any atom is 0.416 e. The lowest BCUT2D eigenvalue weighted by molar-refractivity contribution is -0.137. The Labute approximate surface area is 252 Å². The first-order valence-electron chi connectivity index (χ1n) is 12.8. The van der Waals surface area contributed by atoms with E-state index in [4.69, 9.17) is 23.2 Å². The van der Waals surface area contributed by atoms with Gasteiger partial charge in [-0.3, -0.25) is 14.9 Å². The van der Waals surface area contributed by atoms with Crippen LogP contribution >= 0.6 is 34.5 Å². The molecule has 0 saturated carbocycles. The van der Waals surface area contributed by atoms with Gasteiger partial charge in [0, 0.05) is 47.8 Å². The van der Waals surface area contributed by atoms with E-state index in [0.717, 1.165) is 23.5 Å². The lowest BCUT2D eigenvalue weighted by Crippen LogP contribution is -2.38. The maximum atomic E-state index is 13.5. The number of carbonyl (C=O) groups is 3. The topological polar surface area (TPSA) is 103 Å². The first-order chi connectivity index (χ1) is 19.9. The van der Waals surface area contributed by atoms with Crippen molar-refractivity contribution >= 4 is 68.5 Å². The second kappa shape index (κ2) is 11.6. The number of halogens is 5. The zero-order valence-corrected chi connectivity index (χ0v) is 24.2. The minimum atomic E-state index is -4.57. The second-order valence-corrected chi connectivity index (χ2v) is 11.7. The molecule has 5 rings (SSSR count). The lowest BCUT2D eigenvalue weighted by Gasteiger charge is -2.23. The predicted octanol–water partition coefficient (Wildman–Crippen LogP) is 7.18. The number of rotatable bonds is 6. The van der Waals surface area contributed by atoms with Crippen molar-refractivity contribution in [2.45, 2.75) is 25.6 Å². The molecule has 0 radical (unpaired) electrons. The first kappa shape index (κ1) is 29.9. The lowest BCUT2D eigenvalue weighted by atomic mass is 10.0. The summed E-state index contributed by atoms with van der Waals surface area (Å²) >= 11 is 13.8. The van der Waals surface area contributed by atoms with Crippen LogP contribution in [0.3, 0.4) is 0 Å². The fourth-order valence-electron chi connectivity index (χ4n) is 5.40. The molecule has 0 bridgehead atoms. The second-order valence-electron chi connectivity index (χ2n) is 9.88. The number of amides is 2. The van der Waals surface area contributed by atoms with Crippen LogP contribution in [0, 0.1) is 5.92 Å². The number of benzene rings is 2. The number of carboxylic acid groups (broad SMARTS) is 1. The average molecular weight is 639 g/mol. The molecule has 0 spiro atoms. The van der Waals surface area contributed by atoms with Crippen molar-refractivity contribution in [3.05, 3.63) is 69.2 Å². The van der Waals surface area contributed by atoms with Crippen molar-refractivity contribution in [1.82, 2.24) is 9.88 Å². The van der Waals surface area contributed by atoms with Gasteiger partial charge in [0.25, 0.3) is 5.91 Å². The molecule has 3 aromatic rings. The van der Waals surface area contributed by atoms with Crippen LogP contribution in [0.5, 0.6) is 0 Å². The van der Waals surface area contributed by atoms with E-state index in [9.17, 15) is 32.7 Å². The van der Waals surface area contributed by atoms with Gasteiger partial charge in [-0.2, -0.15) is 13.2 Å². The van der Waals surface area contributed by atoms with Crippen LogP contribution in [-0.2, 0) is 11.0 Å². The largest absolute Gasteiger partial charge is 0.465 e. The predicted molar refractivity (Wildman–Crippen MR) is 156 cm³/mol. The monoisotopic (exact) mass is 638 g/mol. The number of thiazole rings is 1. The van der Waals surface area contributed by atoms with Crippen molar-refractivity contribution in [2.75, 3.05) is 29.9 Å². The van der Waals surface area contributed by atoms with Gasteiger partial charge in [-0.15, -0.1) is 0 Å². The Morgan fingerprint density at radius 2 is 1.88 bits per heavy atom. The third-order valence-corrected chi connectivity index (χ3v) is 9.03. The van der Waals surface area contributed by atoms with Gasteiger partial charge in [0.05, 0.1) is 21.7 Å². The highest BCUT2D eigenvalue weighted by molar-refractivity contribution is 7.20. The summed E-state index contributed by atoms with van der Waals surface area (Å²) in [5.41, 5.74) is 0.209. The number of anilines is 2. The molecule has 2 unspecified atom stereocenters. The molecule has 2 amide bonds.